The molecule has 0 unspecified atom stereocenters. The van der Waals surface area contributed by atoms with Crippen LogP contribution in [0.3, 0.4) is 0 Å². The number of benzene rings is 2. The molecule has 3 rings (SSSR count). The first kappa shape index (κ1) is 22.1. The lowest BCUT2D eigenvalue weighted by atomic mass is 10.1. The molecule has 3 aromatic rings. The number of carbonyl (C=O) groups is 1. The Kier molecular flexibility index (Phi) is 7.65. The van der Waals surface area contributed by atoms with Crippen LogP contribution < -0.4 is 10.9 Å². The van der Waals surface area contributed by atoms with Crippen LogP contribution in [0, 0.1) is 13.8 Å². The summed E-state index contributed by atoms with van der Waals surface area (Å²) in [5.74, 6) is 0.0425. The predicted molar refractivity (Wildman–Crippen MR) is 122 cm³/mol. The summed E-state index contributed by atoms with van der Waals surface area (Å²) in [5, 5.41) is 4.09. The summed E-state index contributed by atoms with van der Waals surface area (Å²) in [5.41, 5.74) is 3.45. The van der Waals surface area contributed by atoms with Crippen LogP contribution >= 0.6 is 11.8 Å². The Morgan fingerprint density at radius 2 is 2.00 bits per heavy atom. The first-order valence-electron chi connectivity index (χ1n) is 10.1. The molecule has 30 heavy (non-hydrogen) atoms. The Balaban J connectivity index is 1.78. The van der Waals surface area contributed by atoms with Crippen LogP contribution in [0.25, 0.3) is 10.9 Å². The molecule has 0 bridgehead atoms. The van der Waals surface area contributed by atoms with Crippen molar-refractivity contribution in [2.75, 3.05) is 24.3 Å². The lowest BCUT2D eigenvalue weighted by Crippen LogP contribution is -2.25. The minimum atomic E-state index is -0.128. The highest BCUT2D eigenvalue weighted by atomic mass is 32.2. The molecule has 0 spiro atoms. The highest BCUT2D eigenvalue weighted by molar-refractivity contribution is 7.99. The van der Waals surface area contributed by atoms with Gasteiger partial charge in [-0.1, -0.05) is 36.0 Å². The standard InChI is InChI=1S/C23H27N3O3S/c1-4-29-13-7-12-26-22(28)18-8-5-6-9-19(18)25-23(26)30-15-21(27)24-20-14-16(2)10-11-17(20)3/h5-6,8-11,14H,4,7,12-13,15H2,1-3H3,(H,24,27). The van der Waals surface area contributed by atoms with Gasteiger partial charge >= 0.3 is 0 Å². The Labute approximate surface area is 180 Å². The fourth-order valence-corrected chi connectivity index (χ4v) is 3.94. The highest BCUT2D eigenvalue weighted by Crippen LogP contribution is 2.20. The molecule has 0 radical (unpaired) electrons. The summed E-state index contributed by atoms with van der Waals surface area (Å²) in [7, 11) is 0. The van der Waals surface area contributed by atoms with Crippen molar-refractivity contribution in [2.45, 2.75) is 38.9 Å². The third-order valence-corrected chi connectivity index (χ3v) is 5.68. The molecule has 158 valence electrons. The van der Waals surface area contributed by atoms with Gasteiger partial charge < -0.3 is 10.1 Å². The Bertz CT molecular complexity index is 1090. The molecule has 1 N–H and O–H groups in total. The number of aromatic nitrogens is 2. The normalized spacial score (nSPS) is 11.0. The van der Waals surface area contributed by atoms with Gasteiger partial charge in [0.1, 0.15) is 0 Å². The summed E-state index contributed by atoms with van der Waals surface area (Å²) < 4.78 is 7.05. The van der Waals surface area contributed by atoms with Gasteiger partial charge in [0.2, 0.25) is 5.91 Å². The van der Waals surface area contributed by atoms with E-state index in [4.69, 9.17) is 4.74 Å². The molecule has 0 atom stereocenters. The molecule has 2 aromatic carbocycles. The summed E-state index contributed by atoms with van der Waals surface area (Å²) in [6, 6.07) is 13.2. The van der Waals surface area contributed by atoms with Gasteiger partial charge in [-0.2, -0.15) is 0 Å². The molecule has 0 saturated carbocycles. The Hall–Kier alpha value is -2.64. The van der Waals surface area contributed by atoms with Crippen LogP contribution in [0.1, 0.15) is 24.5 Å². The third kappa shape index (κ3) is 5.49. The van der Waals surface area contributed by atoms with Crippen molar-refractivity contribution >= 4 is 34.3 Å². The number of thioether (sulfide) groups is 1. The largest absolute Gasteiger partial charge is 0.382 e. The molecule has 0 saturated heterocycles. The van der Waals surface area contributed by atoms with Gasteiger partial charge in [0.25, 0.3) is 5.56 Å². The quantitative estimate of drug-likeness (QED) is 0.316. The van der Waals surface area contributed by atoms with Gasteiger partial charge in [-0.15, -0.1) is 0 Å². The van der Waals surface area contributed by atoms with E-state index in [1.165, 1.54) is 11.8 Å². The van der Waals surface area contributed by atoms with Crippen LogP contribution in [-0.2, 0) is 16.1 Å². The molecule has 0 aliphatic heterocycles. The number of amides is 1. The van der Waals surface area contributed by atoms with E-state index < -0.39 is 0 Å². The van der Waals surface area contributed by atoms with E-state index in [1.807, 2.05) is 57.2 Å². The van der Waals surface area contributed by atoms with E-state index in [0.717, 1.165) is 16.8 Å². The minimum absolute atomic E-state index is 0.0884. The van der Waals surface area contributed by atoms with Crippen molar-refractivity contribution in [1.29, 1.82) is 0 Å². The van der Waals surface area contributed by atoms with Crippen molar-refractivity contribution in [1.82, 2.24) is 9.55 Å². The molecule has 6 nitrogen and oxygen atoms in total. The monoisotopic (exact) mass is 425 g/mol. The fourth-order valence-electron chi connectivity index (χ4n) is 3.11. The van der Waals surface area contributed by atoms with Crippen LogP contribution in [0.4, 0.5) is 5.69 Å². The van der Waals surface area contributed by atoms with Gasteiger partial charge in [-0.25, -0.2) is 4.98 Å². The van der Waals surface area contributed by atoms with Crippen molar-refractivity contribution in [3.8, 4) is 0 Å². The lowest BCUT2D eigenvalue weighted by Gasteiger charge is -2.13. The number of nitrogens with one attached hydrogen (secondary N) is 1. The van der Waals surface area contributed by atoms with Crippen molar-refractivity contribution in [2.24, 2.45) is 0 Å². The van der Waals surface area contributed by atoms with E-state index in [9.17, 15) is 9.59 Å². The number of hydrogen-bond donors (Lipinski definition) is 1. The predicted octanol–water partition coefficient (Wildman–Crippen LogP) is 4.17. The third-order valence-electron chi connectivity index (χ3n) is 4.70. The molecule has 1 amide bonds. The number of nitrogens with zero attached hydrogens (tertiary/aromatic N) is 2. The second kappa shape index (κ2) is 10.4. The average Bonchev–Trinajstić information content (AvgIpc) is 2.74. The number of ether oxygens (including phenoxy) is 1. The summed E-state index contributed by atoms with van der Waals surface area (Å²) in [4.78, 5) is 30.2. The van der Waals surface area contributed by atoms with Gasteiger partial charge in [-0.3, -0.25) is 14.2 Å². The summed E-state index contributed by atoms with van der Waals surface area (Å²) in [6.45, 7) is 7.61. The van der Waals surface area contributed by atoms with Crippen LogP contribution in [-0.4, -0.2) is 34.4 Å². The van der Waals surface area contributed by atoms with E-state index in [0.29, 0.717) is 42.2 Å². The van der Waals surface area contributed by atoms with Crippen molar-refractivity contribution < 1.29 is 9.53 Å². The van der Waals surface area contributed by atoms with Gasteiger partial charge in [0.15, 0.2) is 5.16 Å². The van der Waals surface area contributed by atoms with E-state index in [1.54, 1.807) is 10.6 Å². The first-order valence-corrected chi connectivity index (χ1v) is 11.1. The number of aryl methyl sites for hydroxylation is 2. The van der Waals surface area contributed by atoms with Crippen LogP contribution in [0.15, 0.2) is 52.4 Å². The lowest BCUT2D eigenvalue weighted by molar-refractivity contribution is -0.113. The average molecular weight is 426 g/mol. The van der Waals surface area contributed by atoms with Gasteiger partial charge in [0.05, 0.1) is 16.7 Å². The second-order valence-corrected chi connectivity index (χ2v) is 8.02. The molecule has 1 aromatic heterocycles. The second-order valence-electron chi connectivity index (χ2n) is 7.07. The molecule has 1 heterocycles. The Morgan fingerprint density at radius 3 is 2.80 bits per heavy atom. The topological polar surface area (TPSA) is 73.2 Å². The number of hydrogen-bond acceptors (Lipinski definition) is 5. The first-order chi connectivity index (χ1) is 14.5. The SMILES string of the molecule is CCOCCCn1c(SCC(=O)Nc2cc(C)ccc2C)nc2ccccc2c1=O. The highest BCUT2D eigenvalue weighted by Gasteiger charge is 2.14. The molecular formula is C23H27N3O3S. The maximum atomic E-state index is 13.0. The maximum absolute atomic E-state index is 13.0. The van der Waals surface area contributed by atoms with E-state index in [2.05, 4.69) is 10.3 Å². The van der Waals surface area contributed by atoms with Crippen molar-refractivity contribution in [3.05, 3.63) is 63.9 Å². The zero-order valence-electron chi connectivity index (χ0n) is 17.6. The van der Waals surface area contributed by atoms with Crippen LogP contribution in [0.5, 0.6) is 0 Å². The molecule has 0 fully saturated rings. The molecular weight excluding hydrogens is 398 g/mol. The number of rotatable bonds is 9. The van der Waals surface area contributed by atoms with E-state index >= 15 is 0 Å². The number of carbonyl (C=O) groups excluding carboxylic acids is 1. The summed E-state index contributed by atoms with van der Waals surface area (Å²) in [6.07, 6.45) is 0.704. The fraction of sp³-hybridized carbons (Fsp3) is 0.348. The van der Waals surface area contributed by atoms with Crippen molar-refractivity contribution in [3.63, 3.8) is 0 Å². The number of fused-ring (bicyclic) bond motifs is 1. The van der Waals surface area contributed by atoms with Gasteiger partial charge in [0, 0.05) is 25.4 Å². The summed E-state index contributed by atoms with van der Waals surface area (Å²) >= 11 is 1.28. The maximum Gasteiger partial charge on any atom is 0.262 e. The number of para-hydroxylation sites is 1. The number of anilines is 1. The van der Waals surface area contributed by atoms with Gasteiger partial charge in [-0.05, 0) is 56.5 Å². The molecule has 0 aliphatic carbocycles. The zero-order valence-corrected chi connectivity index (χ0v) is 18.4. The molecule has 7 heteroatoms. The Morgan fingerprint density at radius 1 is 1.20 bits per heavy atom. The minimum Gasteiger partial charge on any atom is -0.382 e. The van der Waals surface area contributed by atoms with E-state index in [-0.39, 0.29) is 17.2 Å². The smallest absolute Gasteiger partial charge is 0.262 e. The van der Waals surface area contributed by atoms with Crippen LogP contribution in [0.2, 0.25) is 0 Å². The zero-order chi connectivity index (χ0) is 21.5. The molecule has 0 aliphatic rings.